The highest BCUT2D eigenvalue weighted by molar-refractivity contribution is 9.10. The first-order chi connectivity index (χ1) is 10.1. The number of carbonyl (C=O) groups is 2. The molecule has 108 valence electrons. The summed E-state index contributed by atoms with van der Waals surface area (Å²) in [6, 6.07) is 12.0. The van der Waals surface area contributed by atoms with Gasteiger partial charge < -0.3 is 9.73 Å². The molecule has 2 amide bonds. The van der Waals surface area contributed by atoms with Gasteiger partial charge in [0.2, 0.25) is 0 Å². The van der Waals surface area contributed by atoms with Gasteiger partial charge in [0, 0.05) is 5.56 Å². The zero-order valence-corrected chi connectivity index (χ0v) is 12.5. The molecule has 2 rings (SSSR count). The van der Waals surface area contributed by atoms with Crippen LogP contribution >= 0.6 is 15.9 Å². The molecule has 1 heterocycles. The first-order valence-corrected chi connectivity index (χ1v) is 6.85. The lowest BCUT2D eigenvalue weighted by Gasteiger charge is -2.03. The number of carbonyl (C=O) groups excluding carboxylic acids is 2. The lowest BCUT2D eigenvalue weighted by Crippen LogP contribution is -2.34. The van der Waals surface area contributed by atoms with Gasteiger partial charge in [-0.25, -0.2) is 5.43 Å². The molecule has 6 nitrogen and oxygen atoms in total. The van der Waals surface area contributed by atoms with E-state index in [1.165, 1.54) is 6.21 Å². The molecule has 21 heavy (non-hydrogen) atoms. The monoisotopic (exact) mass is 349 g/mol. The van der Waals surface area contributed by atoms with Crippen LogP contribution in [0.3, 0.4) is 0 Å². The van der Waals surface area contributed by atoms with Gasteiger partial charge in [0.25, 0.3) is 11.8 Å². The fourth-order valence-electron chi connectivity index (χ4n) is 1.46. The Morgan fingerprint density at radius 3 is 2.62 bits per heavy atom. The van der Waals surface area contributed by atoms with Gasteiger partial charge in [-0.2, -0.15) is 5.10 Å². The third kappa shape index (κ3) is 4.88. The molecule has 0 aliphatic carbocycles. The van der Waals surface area contributed by atoms with E-state index in [0.29, 0.717) is 16.0 Å². The summed E-state index contributed by atoms with van der Waals surface area (Å²) in [6.45, 7) is -0.160. The summed E-state index contributed by atoms with van der Waals surface area (Å²) >= 11 is 3.15. The van der Waals surface area contributed by atoms with Crippen LogP contribution < -0.4 is 10.7 Å². The summed E-state index contributed by atoms with van der Waals surface area (Å²) in [7, 11) is 0. The highest BCUT2D eigenvalue weighted by atomic mass is 79.9. The van der Waals surface area contributed by atoms with Crippen molar-refractivity contribution in [3.05, 3.63) is 58.5 Å². The smallest absolute Gasteiger partial charge is 0.259 e. The molecule has 0 aliphatic rings. The minimum absolute atomic E-state index is 0.160. The van der Waals surface area contributed by atoms with Crippen LogP contribution in [-0.4, -0.2) is 24.6 Å². The number of nitrogens with one attached hydrogen (secondary N) is 2. The Labute approximate surface area is 129 Å². The molecule has 2 aromatic rings. The summed E-state index contributed by atoms with van der Waals surface area (Å²) in [5.74, 6) is -0.249. The van der Waals surface area contributed by atoms with E-state index in [1.54, 1.807) is 36.4 Å². The Morgan fingerprint density at radius 1 is 1.19 bits per heavy atom. The summed E-state index contributed by atoms with van der Waals surface area (Å²) in [5, 5.41) is 6.21. The Bertz CT molecular complexity index is 652. The lowest BCUT2D eigenvalue weighted by atomic mass is 10.2. The molecular weight excluding hydrogens is 338 g/mol. The minimum Gasteiger partial charge on any atom is -0.448 e. The molecule has 0 aliphatic heterocycles. The van der Waals surface area contributed by atoms with Crippen LogP contribution in [0.5, 0.6) is 0 Å². The molecular formula is C14H12BrN3O3. The molecule has 0 bridgehead atoms. The van der Waals surface area contributed by atoms with Gasteiger partial charge in [0.1, 0.15) is 5.76 Å². The zero-order chi connectivity index (χ0) is 15.1. The van der Waals surface area contributed by atoms with Crippen LogP contribution in [0.15, 0.2) is 56.7 Å². The number of benzene rings is 1. The maximum Gasteiger partial charge on any atom is 0.259 e. The molecule has 0 fully saturated rings. The molecule has 0 unspecified atom stereocenters. The molecule has 0 saturated heterocycles. The minimum atomic E-state index is -0.429. The molecule has 0 spiro atoms. The van der Waals surface area contributed by atoms with Gasteiger partial charge in [0.15, 0.2) is 4.67 Å². The van der Waals surface area contributed by atoms with E-state index < -0.39 is 5.91 Å². The summed E-state index contributed by atoms with van der Waals surface area (Å²) in [5.41, 5.74) is 2.78. The second-order valence-corrected chi connectivity index (χ2v) is 4.77. The van der Waals surface area contributed by atoms with E-state index in [0.717, 1.165) is 0 Å². The number of hydrogen-bond donors (Lipinski definition) is 2. The van der Waals surface area contributed by atoms with E-state index in [-0.39, 0.29) is 12.5 Å². The summed E-state index contributed by atoms with van der Waals surface area (Å²) in [4.78, 5) is 23.2. The van der Waals surface area contributed by atoms with Gasteiger partial charge in [-0.1, -0.05) is 18.2 Å². The Kier molecular flexibility index (Phi) is 5.28. The average molecular weight is 350 g/mol. The molecule has 1 aromatic carbocycles. The van der Waals surface area contributed by atoms with Crippen LogP contribution in [0.1, 0.15) is 16.1 Å². The van der Waals surface area contributed by atoms with Gasteiger partial charge in [-0.3, -0.25) is 9.59 Å². The van der Waals surface area contributed by atoms with Crippen molar-refractivity contribution in [2.75, 3.05) is 6.54 Å². The topological polar surface area (TPSA) is 83.7 Å². The van der Waals surface area contributed by atoms with Crippen molar-refractivity contribution in [2.24, 2.45) is 5.10 Å². The van der Waals surface area contributed by atoms with Crippen molar-refractivity contribution >= 4 is 34.0 Å². The maximum absolute atomic E-state index is 11.7. The van der Waals surface area contributed by atoms with Gasteiger partial charge >= 0.3 is 0 Å². The summed E-state index contributed by atoms with van der Waals surface area (Å²) in [6.07, 6.45) is 1.36. The first-order valence-electron chi connectivity index (χ1n) is 6.05. The Hall–Kier alpha value is -2.41. The van der Waals surface area contributed by atoms with Crippen LogP contribution in [0.4, 0.5) is 0 Å². The van der Waals surface area contributed by atoms with Crippen LogP contribution in [0.25, 0.3) is 0 Å². The second-order valence-electron chi connectivity index (χ2n) is 3.98. The number of hydrogen-bond acceptors (Lipinski definition) is 4. The molecule has 0 atom stereocenters. The molecule has 0 saturated carbocycles. The van der Waals surface area contributed by atoms with Crippen LogP contribution in [0.2, 0.25) is 0 Å². The van der Waals surface area contributed by atoms with Crippen molar-refractivity contribution in [3.8, 4) is 0 Å². The SMILES string of the molecule is O=C(CNC(=O)c1ccccc1)NN=Cc1ccc(Br)o1. The third-order valence-electron chi connectivity index (χ3n) is 2.42. The highest BCUT2D eigenvalue weighted by Crippen LogP contribution is 2.11. The zero-order valence-electron chi connectivity index (χ0n) is 10.9. The third-order valence-corrected chi connectivity index (χ3v) is 2.85. The molecule has 1 aromatic heterocycles. The van der Waals surface area contributed by atoms with E-state index in [2.05, 4.69) is 31.8 Å². The average Bonchev–Trinajstić information content (AvgIpc) is 2.91. The second kappa shape index (κ2) is 7.39. The van der Waals surface area contributed by atoms with E-state index in [9.17, 15) is 9.59 Å². The fraction of sp³-hybridized carbons (Fsp3) is 0.0714. The number of hydrazone groups is 1. The lowest BCUT2D eigenvalue weighted by molar-refractivity contribution is -0.120. The van der Waals surface area contributed by atoms with E-state index in [4.69, 9.17) is 4.42 Å². The molecule has 7 heteroatoms. The molecule has 0 radical (unpaired) electrons. The number of amides is 2. The predicted octanol–water partition coefficient (Wildman–Crippen LogP) is 1.92. The standard InChI is InChI=1S/C14H12BrN3O3/c15-12-7-6-11(21-12)8-17-18-13(19)9-16-14(20)10-4-2-1-3-5-10/h1-8H,9H2,(H,16,20)(H,18,19). The van der Waals surface area contributed by atoms with Crippen molar-refractivity contribution in [2.45, 2.75) is 0 Å². The number of halogens is 1. The van der Waals surface area contributed by atoms with Crippen molar-refractivity contribution in [1.82, 2.24) is 10.7 Å². The molecule has 2 N–H and O–H groups in total. The Balaban J connectivity index is 1.75. The quantitative estimate of drug-likeness (QED) is 0.638. The van der Waals surface area contributed by atoms with Gasteiger partial charge in [0.05, 0.1) is 12.8 Å². The Morgan fingerprint density at radius 2 is 1.95 bits per heavy atom. The summed E-state index contributed by atoms with van der Waals surface area (Å²) < 4.78 is 5.74. The van der Waals surface area contributed by atoms with E-state index >= 15 is 0 Å². The van der Waals surface area contributed by atoms with Crippen LogP contribution in [-0.2, 0) is 4.79 Å². The predicted molar refractivity (Wildman–Crippen MR) is 80.9 cm³/mol. The normalized spacial score (nSPS) is 10.5. The number of rotatable bonds is 5. The highest BCUT2D eigenvalue weighted by Gasteiger charge is 2.06. The maximum atomic E-state index is 11.7. The van der Waals surface area contributed by atoms with Crippen LogP contribution in [0, 0.1) is 0 Å². The van der Waals surface area contributed by atoms with Crippen molar-refractivity contribution in [3.63, 3.8) is 0 Å². The van der Waals surface area contributed by atoms with Crippen molar-refractivity contribution < 1.29 is 14.0 Å². The van der Waals surface area contributed by atoms with Gasteiger partial charge in [-0.15, -0.1) is 0 Å². The number of furan rings is 1. The first kappa shape index (κ1) is 15.0. The van der Waals surface area contributed by atoms with Gasteiger partial charge in [-0.05, 0) is 40.2 Å². The van der Waals surface area contributed by atoms with Crippen molar-refractivity contribution in [1.29, 1.82) is 0 Å². The number of nitrogens with zero attached hydrogens (tertiary/aromatic N) is 1. The largest absolute Gasteiger partial charge is 0.448 e. The van der Waals surface area contributed by atoms with E-state index in [1.807, 2.05) is 6.07 Å². The fourth-order valence-corrected chi connectivity index (χ4v) is 1.78.